The fourth-order valence-electron chi connectivity index (χ4n) is 1.57. The molecule has 1 aliphatic rings. The number of likely N-dealkylation sites (tertiary alicyclic amines) is 1. The van der Waals surface area contributed by atoms with Crippen molar-refractivity contribution in [1.29, 1.82) is 0 Å². The monoisotopic (exact) mass is 185 g/mol. The summed E-state index contributed by atoms with van der Waals surface area (Å²) in [6.45, 7) is 4.11. The molecule has 4 nitrogen and oxygen atoms in total. The molecule has 0 saturated carbocycles. The summed E-state index contributed by atoms with van der Waals surface area (Å²) in [5, 5.41) is 0. The molecule has 4 heteroatoms. The molecule has 2 atom stereocenters. The van der Waals surface area contributed by atoms with Crippen molar-refractivity contribution in [2.24, 2.45) is 11.7 Å². The second-order valence-corrected chi connectivity index (χ2v) is 4.18. The molecule has 0 spiro atoms. The highest BCUT2D eigenvalue weighted by molar-refractivity contribution is 5.78. The molecule has 0 aromatic carbocycles. The van der Waals surface area contributed by atoms with Crippen LogP contribution in [0.5, 0.6) is 0 Å². The highest BCUT2D eigenvalue weighted by atomic mass is 16.2. The first-order valence-electron chi connectivity index (χ1n) is 4.68. The summed E-state index contributed by atoms with van der Waals surface area (Å²) in [6, 6.07) is 0.158. The van der Waals surface area contributed by atoms with Crippen LogP contribution in [-0.2, 0) is 4.79 Å². The van der Waals surface area contributed by atoms with Crippen molar-refractivity contribution < 1.29 is 4.79 Å². The molecule has 1 rings (SSSR count). The molecule has 13 heavy (non-hydrogen) atoms. The maximum atomic E-state index is 11.6. The van der Waals surface area contributed by atoms with E-state index in [1.54, 1.807) is 0 Å². The van der Waals surface area contributed by atoms with E-state index in [0.29, 0.717) is 19.0 Å². The van der Waals surface area contributed by atoms with Crippen molar-refractivity contribution in [3.05, 3.63) is 0 Å². The van der Waals surface area contributed by atoms with E-state index in [1.165, 1.54) is 0 Å². The summed E-state index contributed by atoms with van der Waals surface area (Å²) in [7, 11) is 3.80. The Morgan fingerprint density at radius 2 is 2.15 bits per heavy atom. The minimum Gasteiger partial charge on any atom is -0.340 e. The number of likely N-dealkylation sites (N-methyl/N-ethyl adjacent to an activating group) is 1. The predicted octanol–water partition coefficient (Wildman–Crippen LogP) is -0.646. The van der Waals surface area contributed by atoms with E-state index >= 15 is 0 Å². The van der Waals surface area contributed by atoms with Gasteiger partial charge in [-0.05, 0) is 20.0 Å². The molecule has 1 saturated heterocycles. The highest BCUT2D eigenvalue weighted by Gasteiger charge is 2.29. The number of amides is 1. The molecule has 0 bridgehead atoms. The van der Waals surface area contributed by atoms with Gasteiger partial charge < -0.3 is 15.5 Å². The minimum absolute atomic E-state index is 0.158. The van der Waals surface area contributed by atoms with Crippen molar-refractivity contribution in [3.63, 3.8) is 0 Å². The minimum atomic E-state index is 0.158. The third-order valence-corrected chi connectivity index (χ3v) is 2.47. The second kappa shape index (κ2) is 4.07. The van der Waals surface area contributed by atoms with Crippen molar-refractivity contribution in [2.45, 2.75) is 13.0 Å². The van der Waals surface area contributed by atoms with Gasteiger partial charge in [0.2, 0.25) is 5.91 Å². The van der Waals surface area contributed by atoms with Crippen molar-refractivity contribution in [3.8, 4) is 0 Å². The van der Waals surface area contributed by atoms with Gasteiger partial charge in [0.15, 0.2) is 0 Å². The molecule has 2 unspecified atom stereocenters. The number of nitrogens with two attached hydrogens (primary N) is 1. The molecule has 0 aliphatic carbocycles. The van der Waals surface area contributed by atoms with E-state index in [9.17, 15) is 4.79 Å². The summed E-state index contributed by atoms with van der Waals surface area (Å²) in [5.41, 5.74) is 5.83. The Morgan fingerprint density at radius 3 is 2.54 bits per heavy atom. The van der Waals surface area contributed by atoms with E-state index in [2.05, 4.69) is 6.92 Å². The fourth-order valence-corrected chi connectivity index (χ4v) is 1.57. The second-order valence-electron chi connectivity index (χ2n) is 4.18. The molecule has 1 heterocycles. The van der Waals surface area contributed by atoms with E-state index in [1.807, 2.05) is 23.9 Å². The highest BCUT2D eigenvalue weighted by Crippen LogP contribution is 2.14. The first kappa shape index (κ1) is 10.5. The summed E-state index contributed by atoms with van der Waals surface area (Å²) < 4.78 is 0. The lowest BCUT2D eigenvalue weighted by molar-refractivity contribution is -0.130. The van der Waals surface area contributed by atoms with Gasteiger partial charge in [-0.1, -0.05) is 6.92 Å². The van der Waals surface area contributed by atoms with Gasteiger partial charge in [-0.3, -0.25) is 4.79 Å². The smallest absolute Gasteiger partial charge is 0.236 e. The van der Waals surface area contributed by atoms with Crippen LogP contribution in [0.25, 0.3) is 0 Å². The Labute approximate surface area is 79.7 Å². The van der Waals surface area contributed by atoms with Crippen molar-refractivity contribution >= 4 is 5.91 Å². The van der Waals surface area contributed by atoms with E-state index in [-0.39, 0.29) is 11.9 Å². The molecule has 76 valence electrons. The molecule has 2 N–H and O–H groups in total. The maximum Gasteiger partial charge on any atom is 0.236 e. The Kier molecular flexibility index (Phi) is 3.27. The zero-order valence-electron chi connectivity index (χ0n) is 8.66. The quantitative estimate of drug-likeness (QED) is 0.622. The number of carbonyl (C=O) groups is 1. The Morgan fingerprint density at radius 1 is 1.54 bits per heavy atom. The van der Waals surface area contributed by atoms with E-state index in [0.717, 1.165) is 6.54 Å². The molecule has 1 fully saturated rings. The van der Waals surface area contributed by atoms with Gasteiger partial charge in [-0.25, -0.2) is 0 Å². The summed E-state index contributed by atoms with van der Waals surface area (Å²) in [5.74, 6) is 0.621. The molecule has 0 aromatic rings. The first-order chi connectivity index (χ1) is 6.00. The Bertz CT molecular complexity index is 183. The normalized spacial score (nSPS) is 28.5. The summed E-state index contributed by atoms with van der Waals surface area (Å²) in [4.78, 5) is 15.3. The Balaban J connectivity index is 2.42. The van der Waals surface area contributed by atoms with Crippen molar-refractivity contribution in [2.75, 3.05) is 33.7 Å². The van der Waals surface area contributed by atoms with Crippen LogP contribution in [0.4, 0.5) is 0 Å². The number of rotatable bonds is 2. The van der Waals surface area contributed by atoms with Gasteiger partial charge in [0.05, 0.1) is 6.54 Å². The van der Waals surface area contributed by atoms with Crippen LogP contribution in [0.3, 0.4) is 0 Å². The molecular formula is C9H19N3O. The molecular weight excluding hydrogens is 166 g/mol. The number of nitrogens with zero attached hydrogens (tertiary/aromatic N) is 2. The Hall–Kier alpha value is -0.610. The van der Waals surface area contributed by atoms with Gasteiger partial charge in [0.25, 0.3) is 0 Å². The fraction of sp³-hybridized carbons (Fsp3) is 0.889. The average Bonchev–Trinajstić information content (AvgIpc) is 2.31. The lowest BCUT2D eigenvalue weighted by atomic mass is 10.1. The molecule has 0 aromatic heterocycles. The zero-order valence-corrected chi connectivity index (χ0v) is 8.66. The lowest BCUT2D eigenvalue weighted by Gasteiger charge is -2.18. The lowest BCUT2D eigenvalue weighted by Crippen LogP contribution is -2.37. The van der Waals surface area contributed by atoms with Crippen LogP contribution in [0, 0.1) is 5.92 Å². The van der Waals surface area contributed by atoms with Gasteiger partial charge in [0, 0.05) is 19.1 Å². The van der Waals surface area contributed by atoms with E-state index < -0.39 is 0 Å². The molecule has 0 radical (unpaired) electrons. The standard InChI is InChI=1S/C9H19N3O/c1-7-4-12(5-8(7)10)9(13)6-11(2)3/h7-8H,4-6,10H2,1-3H3. The van der Waals surface area contributed by atoms with Crippen LogP contribution in [-0.4, -0.2) is 55.5 Å². The third-order valence-electron chi connectivity index (χ3n) is 2.47. The van der Waals surface area contributed by atoms with Crippen LogP contribution in [0.2, 0.25) is 0 Å². The van der Waals surface area contributed by atoms with Crippen LogP contribution >= 0.6 is 0 Å². The van der Waals surface area contributed by atoms with Crippen LogP contribution < -0.4 is 5.73 Å². The predicted molar refractivity (Wildman–Crippen MR) is 52.3 cm³/mol. The number of hydrogen-bond acceptors (Lipinski definition) is 3. The summed E-state index contributed by atoms with van der Waals surface area (Å²) in [6.07, 6.45) is 0. The zero-order chi connectivity index (χ0) is 10.0. The number of carbonyl (C=O) groups excluding carboxylic acids is 1. The summed E-state index contributed by atoms with van der Waals surface area (Å²) >= 11 is 0. The molecule has 1 aliphatic heterocycles. The van der Waals surface area contributed by atoms with Crippen LogP contribution in [0.1, 0.15) is 6.92 Å². The van der Waals surface area contributed by atoms with Gasteiger partial charge in [-0.2, -0.15) is 0 Å². The van der Waals surface area contributed by atoms with E-state index in [4.69, 9.17) is 5.73 Å². The van der Waals surface area contributed by atoms with Gasteiger partial charge in [0.1, 0.15) is 0 Å². The maximum absolute atomic E-state index is 11.6. The third kappa shape index (κ3) is 2.67. The largest absolute Gasteiger partial charge is 0.340 e. The molecule has 1 amide bonds. The van der Waals surface area contributed by atoms with Gasteiger partial charge in [-0.15, -0.1) is 0 Å². The number of hydrogen-bond donors (Lipinski definition) is 1. The van der Waals surface area contributed by atoms with Crippen molar-refractivity contribution in [1.82, 2.24) is 9.80 Å². The first-order valence-corrected chi connectivity index (χ1v) is 4.68. The average molecular weight is 185 g/mol. The van der Waals surface area contributed by atoms with Gasteiger partial charge >= 0.3 is 0 Å². The topological polar surface area (TPSA) is 49.6 Å². The van der Waals surface area contributed by atoms with Crippen LogP contribution in [0.15, 0.2) is 0 Å². The SMILES string of the molecule is CC1CN(C(=O)CN(C)C)CC1N.